The van der Waals surface area contributed by atoms with E-state index in [4.69, 9.17) is 0 Å². The van der Waals surface area contributed by atoms with Gasteiger partial charge in [-0.15, -0.1) is 0 Å². The van der Waals surface area contributed by atoms with Gasteiger partial charge in [0.2, 0.25) is 5.95 Å². The molecule has 2 aromatic carbocycles. The van der Waals surface area contributed by atoms with Crippen LogP contribution in [0.1, 0.15) is 41.6 Å². The van der Waals surface area contributed by atoms with Crippen LogP contribution in [0.3, 0.4) is 0 Å². The van der Waals surface area contributed by atoms with Gasteiger partial charge in [0.15, 0.2) is 0 Å². The third-order valence-corrected chi connectivity index (χ3v) is 6.42. The second-order valence-electron chi connectivity index (χ2n) is 8.90. The molecule has 3 aromatic rings. The number of fused-ring (bicyclic) bond motifs is 1. The van der Waals surface area contributed by atoms with E-state index in [0.717, 1.165) is 53.3 Å². The Balaban J connectivity index is 1.34. The second kappa shape index (κ2) is 8.69. The summed E-state index contributed by atoms with van der Waals surface area (Å²) in [5, 5.41) is 16.4. The minimum Gasteiger partial charge on any atom is -0.465 e. The summed E-state index contributed by atoms with van der Waals surface area (Å²) < 4.78 is 0. The summed E-state index contributed by atoms with van der Waals surface area (Å²) >= 11 is 0. The number of aryl methyl sites for hydroxylation is 1. The van der Waals surface area contributed by atoms with Crippen molar-refractivity contribution in [2.75, 3.05) is 18.4 Å². The maximum Gasteiger partial charge on any atom is 0.407 e. The standard InChI is InChI=1S/C25H27N5O3/c1-15-4-5-17(23(31)28-19-7-8-19)12-21(15)16-6-9-22-18(11-16)13-26-24(29-22)27-14-20-3-2-10-30(20)25(32)33/h4-6,9,11-13,19-20H,2-3,7-8,10,14H2,1H3,(H,28,31)(H,32,33)(H,26,27,29)/t20-/m0/s1. The lowest BCUT2D eigenvalue weighted by atomic mass is 9.97. The van der Waals surface area contributed by atoms with Crippen molar-refractivity contribution in [2.24, 2.45) is 0 Å². The zero-order chi connectivity index (χ0) is 22.9. The summed E-state index contributed by atoms with van der Waals surface area (Å²) in [7, 11) is 0. The largest absolute Gasteiger partial charge is 0.465 e. The van der Waals surface area contributed by atoms with Gasteiger partial charge in [0.05, 0.1) is 11.6 Å². The van der Waals surface area contributed by atoms with E-state index in [2.05, 4.69) is 20.6 Å². The molecule has 170 valence electrons. The lowest BCUT2D eigenvalue weighted by Gasteiger charge is -2.21. The van der Waals surface area contributed by atoms with Crippen LogP contribution in [0.4, 0.5) is 10.7 Å². The third-order valence-electron chi connectivity index (χ3n) is 6.42. The van der Waals surface area contributed by atoms with E-state index >= 15 is 0 Å². The predicted octanol–water partition coefficient (Wildman–Crippen LogP) is 4.05. The number of aromatic nitrogens is 2. The van der Waals surface area contributed by atoms with E-state index in [1.165, 1.54) is 4.90 Å². The zero-order valence-electron chi connectivity index (χ0n) is 18.5. The highest BCUT2D eigenvalue weighted by atomic mass is 16.4. The first kappa shape index (κ1) is 21.2. The number of nitrogens with zero attached hydrogens (tertiary/aromatic N) is 3. The van der Waals surface area contributed by atoms with Crippen LogP contribution in [0, 0.1) is 6.92 Å². The minimum absolute atomic E-state index is 0.0256. The zero-order valence-corrected chi connectivity index (χ0v) is 18.5. The molecule has 33 heavy (non-hydrogen) atoms. The molecule has 8 nitrogen and oxygen atoms in total. The second-order valence-corrected chi connectivity index (χ2v) is 8.90. The number of carbonyl (C=O) groups excluding carboxylic acids is 1. The first-order valence-corrected chi connectivity index (χ1v) is 11.4. The highest BCUT2D eigenvalue weighted by Crippen LogP contribution is 2.28. The van der Waals surface area contributed by atoms with E-state index in [1.54, 1.807) is 6.20 Å². The summed E-state index contributed by atoms with van der Waals surface area (Å²) in [6.07, 6.45) is 4.73. The Kier molecular flexibility index (Phi) is 5.58. The van der Waals surface area contributed by atoms with Crippen LogP contribution in [-0.4, -0.2) is 57.1 Å². The molecule has 1 saturated heterocycles. The summed E-state index contributed by atoms with van der Waals surface area (Å²) in [6, 6.07) is 12.1. The van der Waals surface area contributed by atoms with Gasteiger partial charge in [-0.2, -0.15) is 0 Å². The first-order valence-electron chi connectivity index (χ1n) is 11.4. The van der Waals surface area contributed by atoms with Gasteiger partial charge in [0.1, 0.15) is 0 Å². The molecular formula is C25H27N5O3. The smallest absolute Gasteiger partial charge is 0.407 e. The normalized spacial score (nSPS) is 17.8. The fourth-order valence-electron chi connectivity index (χ4n) is 4.37. The van der Waals surface area contributed by atoms with Gasteiger partial charge >= 0.3 is 6.09 Å². The van der Waals surface area contributed by atoms with Crippen molar-refractivity contribution in [3.63, 3.8) is 0 Å². The van der Waals surface area contributed by atoms with Crippen LogP contribution in [-0.2, 0) is 0 Å². The number of carbonyl (C=O) groups is 2. The number of hydrogen-bond donors (Lipinski definition) is 3. The summed E-state index contributed by atoms with van der Waals surface area (Å²) in [6.45, 7) is 3.10. The van der Waals surface area contributed by atoms with Crippen molar-refractivity contribution < 1.29 is 14.7 Å². The van der Waals surface area contributed by atoms with Crippen molar-refractivity contribution in [1.82, 2.24) is 20.2 Å². The number of amides is 2. The SMILES string of the molecule is Cc1ccc(C(=O)NC2CC2)cc1-c1ccc2nc(NC[C@@H]3CCCN3C(=O)O)ncc2c1. The summed E-state index contributed by atoms with van der Waals surface area (Å²) in [5.74, 6) is 0.463. The molecule has 1 saturated carbocycles. The van der Waals surface area contributed by atoms with Crippen molar-refractivity contribution in [1.29, 1.82) is 0 Å². The lowest BCUT2D eigenvalue weighted by Crippen LogP contribution is -2.38. The minimum atomic E-state index is -0.879. The Morgan fingerprint density at radius 2 is 2.00 bits per heavy atom. The van der Waals surface area contributed by atoms with Crippen molar-refractivity contribution >= 4 is 28.9 Å². The molecule has 5 rings (SSSR count). The van der Waals surface area contributed by atoms with E-state index in [0.29, 0.717) is 30.6 Å². The third kappa shape index (κ3) is 4.60. The van der Waals surface area contributed by atoms with Crippen LogP contribution in [0.2, 0.25) is 0 Å². The maximum absolute atomic E-state index is 12.5. The number of anilines is 1. The number of carboxylic acid groups (broad SMARTS) is 1. The van der Waals surface area contributed by atoms with Gasteiger partial charge in [-0.25, -0.2) is 14.8 Å². The topological polar surface area (TPSA) is 107 Å². The van der Waals surface area contributed by atoms with Gasteiger partial charge in [-0.05, 0) is 73.6 Å². The Bertz CT molecular complexity index is 1220. The molecule has 1 atom stereocenters. The summed E-state index contributed by atoms with van der Waals surface area (Å²) in [5.41, 5.74) is 4.58. The molecule has 8 heteroatoms. The Morgan fingerprint density at radius 1 is 1.15 bits per heavy atom. The lowest BCUT2D eigenvalue weighted by molar-refractivity contribution is 0.0951. The Morgan fingerprint density at radius 3 is 2.79 bits per heavy atom. The highest BCUT2D eigenvalue weighted by Gasteiger charge is 2.28. The van der Waals surface area contributed by atoms with Gasteiger partial charge in [-0.1, -0.05) is 12.1 Å². The van der Waals surface area contributed by atoms with E-state index in [-0.39, 0.29) is 11.9 Å². The molecule has 3 N–H and O–H groups in total. The van der Waals surface area contributed by atoms with Gasteiger partial charge < -0.3 is 20.6 Å². The molecule has 2 aliphatic rings. The molecule has 0 unspecified atom stereocenters. The van der Waals surface area contributed by atoms with Crippen molar-refractivity contribution in [3.05, 3.63) is 53.7 Å². The first-order chi connectivity index (χ1) is 16.0. The fraction of sp³-hybridized carbons (Fsp3) is 0.360. The van der Waals surface area contributed by atoms with Gasteiger partial charge in [0.25, 0.3) is 5.91 Å². The average molecular weight is 446 g/mol. The van der Waals surface area contributed by atoms with Crippen LogP contribution >= 0.6 is 0 Å². The van der Waals surface area contributed by atoms with Crippen LogP contribution in [0.5, 0.6) is 0 Å². The summed E-state index contributed by atoms with van der Waals surface area (Å²) in [4.78, 5) is 34.3. The molecule has 0 radical (unpaired) electrons. The molecule has 1 aliphatic heterocycles. The maximum atomic E-state index is 12.5. The number of nitrogens with one attached hydrogen (secondary N) is 2. The number of benzene rings is 2. The average Bonchev–Trinajstić information content (AvgIpc) is 3.49. The highest BCUT2D eigenvalue weighted by molar-refractivity contribution is 5.96. The van der Waals surface area contributed by atoms with Crippen molar-refractivity contribution in [2.45, 2.75) is 44.7 Å². The number of rotatable bonds is 6. The van der Waals surface area contributed by atoms with Crippen LogP contribution in [0.15, 0.2) is 42.6 Å². The monoisotopic (exact) mass is 445 g/mol. The predicted molar refractivity (Wildman–Crippen MR) is 126 cm³/mol. The molecule has 2 heterocycles. The van der Waals surface area contributed by atoms with Gasteiger partial charge in [0, 0.05) is 36.3 Å². The molecule has 1 aliphatic carbocycles. The number of hydrogen-bond acceptors (Lipinski definition) is 5. The Hall–Kier alpha value is -3.68. The van der Waals surface area contributed by atoms with E-state index in [9.17, 15) is 14.7 Å². The fourth-order valence-corrected chi connectivity index (χ4v) is 4.37. The van der Waals surface area contributed by atoms with E-state index < -0.39 is 6.09 Å². The van der Waals surface area contributed by atoms with Crippen LogP contribution < -0.4 is 10.6 Å². The molecule has 0 bridgehead atoms. The van der Waals surface area contributed by atoms with Crippen LogP contribution in [0.25, 0.3) is 22.0 Å². The van der Waals surface area contributed by atoms with Crippen molar-refractivity contribution in [3.8, 4) is 11.1 Å². The number of likely N-dealkylation sites (tertiary alicyclic amines) is 1. The molecule has 2 amide bonds. The van der Waals surface area contributed by atoms with E-state index in [1.807, 2.05) is 43.3 Å². The molecular weight excluding hydrogens is 418 g/mol. The molecule has 0 spiro atoms. The molecule has 1 aromatic heterocycles. The Labute approximate surface area is 192 Å². The van der Waals surface area contributed by atoms with Gasteiger partial charge in [-0.3, -0.25) is 4.79 Å². The quantitative estimate of drug-likeness (QED) is 0.528. The molecule has 2 fully saturated rings.